The summed E-state index contributed by atoms with van der Waals surface area (Å²) in [7, 11) is 0. The predicted octanol–water partition coefficient (Wildman–Crippen LogP) is 0.0845. The number of nitrogens with two attached hydrogens (primary N) is 1. The number of carbonyl (C=O) groups is 1. The van der Waals surface area contributed by atoms with Crippen LogP contribution in [-0.4, -0.2) is 45.9 Å². The Kier molecular flexibility index (Phi) is 4.16. The van der Waals surface area contributed by atoms with Gasteiger partial charge in [-0.05, 0) is 20.8 Å². The van der Waals surface area contributed by atoms with Gasteiger partial charge in [-0.3, -0.25) is 0 Å². The molecule has 0 radical (unpaired) electrons. The highest BCUT2D eigenvalue weighted by Gasteiger charge is 2.27. The molecule has 0 bridgehead atoms. The highest BCUT2D eigenvalue weighted by molar-refractivity contribution is 5.66. The van der Waals surface area contributed by atoms with Gasteiger partial charge in [-0.1, -0.05) is 0 Å². The largest absolute Gasteiger partial charge is 0.465 e. The van der Waals surface area contributed by atoms with Crippen molar-refractivity contribution < 1.29 is 15.0 Å². The average molecular weight is 190 g/mol. The molecule has 0 aliphatic carbocycles. The smallest absolute Gasteiger partial charge is 0.407 e. The molecule has 4 N–H and O–H groups in total. The summed E-state index contributed by atoms with van der Waals surface area (Å²) in [6, 6.07) is -0.518. The first-order valence-electron chi connectivity index (χ1n) is 4.16. The Hall–Kier alpha value is -0.810. The van der Waals surface area contributed by atoms with Crippen LogP contribution in [0.5, 0.6) is 0 Å². The molecule has 5 nitrogen and oxygen atoms in total. The Labute approximate surface area is 78.1 Å². The molecule has 0 saturated heterocycles. The summed E-state index contributed by atoms with van der Waals surface area (Å²) in [6.07, 6.45) is -1.02. The molecule has 5 heteroatoms. The van der Waals surface area contributed by atoms with Crippen molar-refractivity contribution in [2.75, 3.05) is 13.2 Å². The Morgan fingerprint density at radius 2 is 2.00 bits per heavy atom. The molecule has 0 aliphatic rings. The van der Waals surface area contributed by atoms with Crippen LogP contribution in [0.4, 0.5) is 4.79 Å². The molecular formula is C8H18N2O3. The predicted molar refractivity (Wildman–Crippen MR) is 49.5 cm³/mol. The minimum Gasteiger partial charge on any atom is -0.465 e. The quantitative estimate of drug-likeness (QED) is 0.588. The van der Waals surface area contributed by atoms with E-state index in [1.807, 2.05) is 0 Å². The molecule has 1 amide bonds. The van der Waals surface area contributed by atoms with Gasteiger partial charge in [-0.15, -0.1) is 0 Å². The van der Waals surface area contributed by atoms with Gasteiger partial charge >= 0.3 is 6.09 Å². The Balaban J connectivity index is 4.37. The molecular weight excluding hydrogens is 172 g/mol. The second kappa shape index (κ2) is 4.43. The van der Waals surface area contributed by atoms with E-state index < -0.39 is 17.7 Å². The first-order valence-corrected chi connectivity index (χ1v) is 4.16. The molecule has 13 heavy (non-hydrogen) atoms. The number of nitrogens with zero attached hydrogens (tertiary/aromatic N) is 1. The maximum atomic E-state index is 10.8. The lowest BCUT2D eigenvalue weighted by molar-refractivity contribution is 0.0899. The minimum atomic E-state index is -1.02. The van der Waals surface area contributed by atoms with Gasteiger partial charge in [0.15, 0.2) is 0 Å². The van der Waals surface area contributed by atoms with Gasteiger partial charge in [0.1, 0.15) is 0 Å². The number of carboxylic acid groups (broad SMARTS) is 1. The van der Waals surface area contributed by atoms with Gasteiger partial charge in [0.2, 0.25) is 0 Å². The van der Waals surface area contributed by atoms with Gasteiger partial charge < -0.3 is 20.8 Å². The van der Waals surface area contributed by atoms with Crippen molar-refractivity contribution in [3.63, 3.8) is 0 Å². The highest BCUT2D eigenvalue weighted by Crippen LogP contribution is 2.13. The third-order valence-electron chi connectivity index (χ3n) is 1.69. The summed E-state index contributed by atoms with van der Waals surface area (Å²) >= 11 is 0. The first-order chi connectivity index (χ1) is 5.79. The van der Waals surface area contributed by atoms with Crippen molar-refractivity contribution in [3.05, 3.63) is 0 Å². The Morgan fingerprint density at radius 3 is 2.23 bits per heavy atom. The summed E-state index contributed by atoms with van der Waals surface area (Å²) in [6.45, 7) is 5.29. The molecule has 1 atom stereocenters. The monoisotopic (exact) mass is 190 g/mol. The van der Waals surface area contributed by atoms with Crippen LogP contribution in [0.3, 0.4) is 0 Å². The lowest BCUT2D eigenvalue weighted by atomic mass is 10.1. The number of aliphatic hydroxyl groups excluding tert-OH is 1. The molecule has 0 aromatic carbocycles. The van der Waals surface area contributed by atoms with Crippen LogP contribution in [0, 0.1) is 0 Å². The number of aliphatic hydroxyl groups is 1. The fourth-order valence-corrected chi connectivity index (χ4v) is 0.931. The van der Waals surface area contributed by atoms with Crippen molar-refractivity contribution in [3.8, 4) is 0 Å². The van der Waals surface area contributed by atoms with Crippen molar-refractivity contribution in [1.82, 2.24) is 4.90 Å². The van der Waals surface area contributed by atoms with E-state index in [4.69, 9.17) is 15.9 Å². The topological polar surface area (TPSA) is 86.8 Å². The molecule has 0 fully saturated rings. The SMILES string of the molecule is CC(C)(C)N(C[C@H](N)CO)C(=O)O. The van der Waals surface area contributed by atoms with Crippen LogP contribution in [0.25, 0.3) is 0 Å². The standard InChI is InChI=1S/C8H18N2O3/c1-8(2,3)10(7(12)13)4-6(9)5-11/h6,11H,4-5,9H2,1-3H3,(H,12,13)/t6-/m0/s1. The average Bonchev–Trinajstić information content (AvgIpc) is 1.96. The molecule has 0 heterocycles. The molecule has 0 unspecified atom stereocenters. The molecule has 0 aromatic rings. The summed E-state index contributed by atoms with van der Waals surface area (Å²) in [5.74, 6) is 0. The van der Waals surface area contributed by atoms with Crippen LogP contribution in [0.15, 0.2) is 0 Å². The highest BCUT2D eigenvalue weighted by atomic mass is 16.4. The Morgan fingerprint density at radius 1 is 1.54 bits per heavy atom. The van der Waals surface area contributed by atoms with Crippen LogP contribution >= 0.6 is 0 Å². The maximum Gasteiger partial charge on any atom is 0.407 e. The van der Waals surface area contributed by atoms with Crippen LogP contribution in [-0.2, 0) is 0 Å². The van der Waals surface area contributed by atoms with Gasteiger partial charge in [0.05, 0.1) is 6.61 Å². The lowest BCUT2D eigenvalue weighted by Crippen LogP contribution is -2.51. The summed E-state index contributed by atoms with van der Waals surface area (Å²) in [5, 5.41) is 17.5. The molecule has 0 aliphatic heterocycles. The van der Waals surface area contributed by atoms with E-state index in [1.54, 1.807) is 20.8 Å². The van der Waals surface area contributed by atoms with E-state index in [9.17, 15) is 4.79 Å². The Bertz CT molecular complexity index is 177. The van der Waals surface area contributed by atoms with Gasteiger partial charge in [0.25, 0.3) is 0 Å². The van der Waals surface area contributed by atoms with Crippen molar-refractivity contribution in [2.45, 2.75) is 32.4 Å². The number of hydrogen-bond acceptors (Lipinski definition) is 3. The number of hydrogen-bond donors (Lipinski definition) is 3. The zero-order chi connectivity index (χ0) is 10.6. The summed E-state index contributed by atoms with van der Waals surface area (Å²) in [5.41, 5.74) is 4.97. The van der Waals surface area contributed by atoms with Crippen LogP contribution < -0.4 is 5.73 Å². The second-order valence-electron chi connectivity index (χ2n) is 4.01. The normalized spacial score (nSPS) is 13.9. The fourth-order valence-electron chi connectivity index (χ4n) is 0.931. The summed E-state index contributed by atoms with van der Waals surface area (Å²) in [4.78, 5) is 12.0. The van der Waals surface area contributed by atoms with Gasteiger partial charge in [-0.25, -0.2) is 4.79 Å². The van der Waals surface area contributed by atoms with E-state index in [2.05, 4.69) is 0 Å². The van der Waals surface area contributed by atoms with Crippen LogP contribution in [0.1, 0.15) is 20.8 Å². The maximum absolute atomic E-state index is 10.8. The van der Waals surface area contributed by atoms with Gasteiger partial charge in [-0.2, -0.15) is 0 Å². The van der Waals surface area contributed by atoms with Crippen molar-refractivity contribution in [1.29, 1.82) is 0 Å². The van der Waals surface area contributed by atoms with E-state index in [0.717, 1.165) is 0 Å². The van der Waals surface area contributed by atoms with E-state index >= 15 is 0 Å². The van der Waals surface area contributed by atoms with Crippen molar-refractivity contribution >= 4 is 6.09 Å². The molecule has 0 spiro atoms. The third kappa shape index (κ3) is 4.10. The molecule has 0 aromatic heterocycles. The second-order valence-corrected chi connectivity index (χ2v) is 4.01. The van der Waals surface area contributed by atoms with E-state index in [-0.39, 0.29) is 13.2 Å². The number of amides is 1. The first kappa shape index (κ1) is 12.2. The molecule has 0 rings (SSSR count). The van der Waals surface area contributed by atoms with E-state index in [0.29, 0.717) is 0 Å². The lowest BCUT2D eigenvalue weighted by Gasteiger charge is -2.34. The number of rotatable bonds is 3. The molecule has 78 valence electrons. The molecule has 0 saturated carbocycles. The third-order valence-corrected chi connectivity index (χ3v) is 1.69. The zero-order valence-corrected chi connectivity index (χ0v) is 8.32. The minimum absolute atomic E-state index is 0.148. The van der Waals surface area contributed by atoms with Crippen LogP contribution in [0.2, 0.25) is 0 Å². The van der Waals surface area contributed by atoms with E-state index in [1.165, 1.54) is 4.90 Å². The zero-order valence-electron chi connectivity index (χ0n) is 8.32. The van der Waals surface area contributed by atoms with Gasteiger partial charge in [0, 0.05) is 18.1 Å². The summed E-state index contributed by atoms with van der Waals surface area (Å²) < 4.78 is 0. The van der Waals surface area contributed by atoms with Crippen molar-refractivity contribution in [2.24, 2.45) is 5.73 Å². The fraction of sp³-hybridized carbons (Fsp3) is 0.875.